The number of nitrogens with zero attached hydrogens (tertiary/aromatic N) is 2. The molecule has 1 atom stereocenters. The van der Waals surface area contributed by atoms with Crippen LogP contribution >= 0.6 is 0 Å². The third-order valence-corrected chi connectivity index (χ3v) is 8.21. The Labute approximate surface area is 208 Å². The van der Waals surface area contributed by atoms with E-state index in [2.05, 4.69) is 41.7 Å². The highest BCUT2D eigenvalue weighted by atomic mass is 32.2. The second-order valence-corrected chi connectivity index (χ2v) is 10.9. The predicted octanol–water partition coefficient (Wildman–Crippen LogP) is 3.85. The van der Waals surface area contributed by atoms with E-state index in [0.717, 1.165) is 11.1 Å². The van der Waals surface area contributed by atoms with Crippen LogP contribution in [0.15, 0.2) is 77.7 Å². The van der Waals surface area contributed by atoms with Crippen molar-refractivity contribution in [3.63, 3.8) is 0 Å². The van der Waals surface area contributed by atoms with Crippen LogP contribution in [0.25, 0.3) is 0 Å². The van der Waals surface area contributed by atoms with Crippen molar-refractivity contribution in [1.29, 1.82) is 0 Å². The maximum absolute atomic E-state index is 13.6. The molecular formula is C28H33N3O3S. The normalized spacial score (nSPS) is 15.2. The molecule has 4 rings (SSSR count). The molecule has 0 aromatic heterocycles. The van der Waals surface area contributed by atoms with Gasteiger partial charge in [-0.25, -0.2) is 8.42 Å². The molecule has 0 saturated carbocycles. The number of aryl methyl sites for hydroxylation is 2. The standard InChI is InChI=1S/C28H33N3O3S/c1-21-12-14-25(15-13-21)35(33,34)29-26(20-24-9-5-4-6-10-24)28(32)31-18-16-30(17-19-31)27-11-7-8-22(2)23(27)3/h4-15,26,29H,16-20H2,1-3H3/t26-/m1/s1. The first-order valence-corrected chi connectivity index (χ1v) is 13.5. The summed E-state index contributed by atoms with van der Waals surface area (Å²) in [7, 11) is -3.85. The number of piperazine rings is 1. The van der Waals surface area contributed by atoms with Gasteiger partial charge in [0.15, 0.2) is 0 Å². The monoisotopic (exact) mass is 491 g/mol. The zero-order chi connectivity index (χ0) is 25.0. The number of sulfonamides is 1. The molecule has 1 heterocycles. The molecule has 7 heteroatoms. The number of amides is 1. The van der Waals surface area contributed by atoms with Gasteiger partial charge in [-0.1, -0.05) is 60.2 Å². The number of hydrogen-bond donors (Lipinski definition) is 1. The SMILES string of the molecule is Cc1ccc(S(=O)(=O)N[C@H](Cc2ccccc2)C(=O)N2CCN(c3cccc(C)c3C)CC2)cc1. The summed E-state index contributed by atoms with van der Waals surface area (Å²) in [5, 5.41) is 0. The average molecular weight is 492 g/mol. The Balaban J connectivity index is 1.51. The molecule has 6 nitrogen and oxygen atoms in total. The van der Waals surface area contributed by atoms with Crippen molar-refractivity contribution in [2.45, 2.75) is 38.1 Å². The average Bonchev–Trinajstić information content (AvgIpc) is 2.86. The van der Waals surface area contributed by atoms with Crippen molar-refractivity contribution in [2.75, 3.05) is 31.1 Å². The number of rotatable bonds is 7. The Morgan fingerprint density at radius 3 is 2.17 bits per heavy atom. The topological polar surface area (TPSA) is 69.7 Å². The molecule has 0 unspecified atom stereocenters. The van der Waals surface area contributed by atoms with Gasteiger partial charge in [0.25, 0.3) is 0 Å². The molecule has 0 bridgehead atoms. The first-order valence-electron chi connectivity index (χ1n) is 12.0. The molecule has 3 aromatic carbocycles. The van der Waals surface area contributed by atoms with Gasteiger partial charge in [-0.05, 0) is 62.1 Å². The highest BCUT2D eigenvalue weighted by molar-refractivity contribution is 7.89. The van der Waals surface area contributed by atoms with Gasteiger partial charge >= 0.3 is 0 Å². The Morgan fingerprint density at radius 1 is 0.857 bits per heavy atom. The van der Waals surface area contributed by atoms with Gasteiger partial charge in [0.2, 0.25) is 15.9 Å². The molecule has 1 N–H and O–H groups in total. The van der Waals surface area contributed by atoms with Gasteiger partial charge in [0.05, 0.1) is 4.90 Å². The van der Waals surface area contributed by atoms with E-state index in [0.29, 0.717) is 32.6 Å². The minimum Gasteiger partial charge on any atom is -0.368 e. The van der Waals surface area contributed by atoms with Crippen LogP contribution in [0.1, 0.15) is 22.3 Å². The summed E-state index contributed by atoms with van der Waals surface area (Å²) < 4.78 is 29.0. The predicted molar refractivity (Wildman–Crippen MR) is 140 cm³/mol. The summed E-state index contributed by atoms with van der Waals surface area (Å²) in [6.07, 6.45) is 0.294. The fourth-order valence-electron chi connectivity index (χ4n) is 4.47. The molecule has 1 fully saturated rings. The molecule has 1 amide bonds. The van der Waals surface area contributed by atoms with E-state index < -0.39 is 16.1 Å². The molecule has 1 aliphatic heterocycles. The summed E-state index contributed by atoms with van der Waals surface area (Å²) in [6, 6.07) is 21.6. The molecule has 184 valence electrons. The van der Waals surface area contributed by atoms with Gasteiger partial charge in [-0.3, -0.25) is 4.79 Å². The molecule has 0 aliphatic carbocycles. The van der Waals surface area contributed by atoms with Gasteiger partial charge in [-0.15, -0.1) is 0 Å². The highest BCUT2D eigenvalue weighted by Gasteiger charge is 2.31. The molecule has 1 aliphatic rings. The van der Waals surface area contributed by atoms with Gasteiger partial charge in [0.1, 0.15) is 6.04 Å². The van der Waals surface area contributed by atoms with E-state index in [9.17, 15) is 13.2 Å². The number of nitrogens with one attached hydrogen (secondary N) is 1. The van der Waals surface area contributed by atoms with Gasteiger partial charge in [0, 0.05) is 31.9 Å². The fraction of sp³-hybridized carbons (Fsp3) is 0.321. The van der Waals surface area contributed by atoms with Crippen LogP contribution in [0.3, 0.4) is 0 Å². The smallest absolute Gasteiger partial charge is 0.241 e. The van der Waals surface area contributed by atoms with Gasteiger partial charge in [-0.2, -0.15) is 4.72 Å². The highest BCUT2D eigenvalue weighted by Crippen LogP contribution is 2.24. The largest absolute Gasteiger partial charge is 0.368 e. The number of hydrogen-bond acceptors (Lipinski definition) is 4. The zero-order valence-electron chi connectivity index (χ0n) is 20.6. The van der Waals surface area contributed by atoms with Crippen molar-refractivity contribution < 1.29 is 13.2 Å². The van der Waals surface area contributed by atoms with E-state index in [1.54, 1.807) is 29.2 Å². The Morgan fingerprint density at radius 2 is 1.51 bits per heavy atom. The first-order chi connectivity index (χ1) is 16.7. The van der Waals surface area contributed by atoms with E-state index >= 15 is 0 Å². The van der Waals surface area contributed by atoms with E-state index in [-0.39, 0.29) is 10.8 Å². The third-order valence-electron chi connectivity index (χ3n) is 6.72. The van der Waals surface area contributed by atoms with Crippen molar-refractivity contribution in [3.05, 3.63) is 95.1 Å². The van der Waals surface area contributed by atoms with Crippen LogP contribution < -0.4 is 9.62 Å². The zero-order valence-corrected chi connectivity index (χ0v) is 21.4. The van der Waals surface area contributed by atoms with Crippen molar-refractivity contribution in [2.24, 2.45) is 0 Å². The summed E-state index contributed by atoms with van der Waals surface area (Å²) in [6.45, 7) is 8.64. The summed E-state index contributed by atoms with van der Waals surface area (Å²) in [5.41, 5.74) is 5.57. The fourth-order valence-corrected chi connectivity index (χ4v) is 5.66. The third kappa shape index (κ3) is 5.92. The van der Waals surface area contributed by atoms with Gasteiger partial charge < -0.3 is 9.80 Å². The van der Waals surface area contributed by atoms with E-state index in [4.69, 9.17) is 0 Å². The van der Waals surface area contributed by atoms with Crippen LogP contribution in [-0.2, 0) is 21.2 Å². The van der Waals surface area contributed by atoms with Crippen LogP contribution in [0.2, 0.25) is 0 Å². The summed E-state index contributed by atoms with van der Waals surface area (Å²) in [4.78, 5) is 17.9. The maximum atomic E-state index is 13.6. The Bertz CT molecular complexity index is 1270. The number of carbonyl (C=O) groups excluding carboxylic acids is 1. The molecule has 1 saturated heterocycles. The molecular weight excluding hydrogens is 458 g/mol. The first kappa shape index (κ1) is 24.9. The van der Waals surface area contributed by atoms with Crippen LogP contribution in [0.4, 0.5) is 5.69 Å². The quantitative estimate of drug-likeness (QED) is 0.545. The number of carbonyl (C=O) groups is 1. The summed E-state index contributed by atoms with van der Waals surface area (Å²) >= 11 is 0. The van der Waals surface area contributed by atoms with Crippen LogP contribution in [0, 0.1) is 20.8 Å². The lowest BCUT2D eigenvalue weighted by molar-refractivity contribution is -0.133. The number of anilines is 1. The second-order valence-electron chi connectivity index (χ2n) is 9.21. The van der Waals surface area contributed by atoms with Crippen molar-refractivity contribution in [3.8, 4) is 0 Å². The molecule has 0 spiro atoms. The van der Waals surface area contributed by atoms with E-state index in [1.807, 2.05) is 37.3 Å². The lowest BCUT2D eigenvalue weighted by atomic mass is 10.0. The Hall–Kier alpha value is -3.16. The maximum Gasteiger partial charge on any atom is 0.241 e. The molecule has 35 heavy (non-hydrogen) atoms. The molecule has 3 aromatic rings. The lowest BCUT2D eigenvalue weighted by Gasteiger charge is -2.38. The second kappa shape index (κ2) is 10.6. The van der Waals surface area contributed by atoms with Crippen LogP contribution in [0.5, 0.6) is 0 Å². The minimum atomic E-state index is -3.85. The lowest BCUT2D eigenvalue weighted by Crippen LogP contribution is -2.55. The molecule has 0 radical (unpaired) electrons. The number of benzene rings is 3. The minimum absolute atomic E-state index is 0.161. The van der Waals surface area contributed by atoms with Crippen LogP contribution in [-0.4, -0.2) is 51.4 Å². The Kier molecular flexibility index (Phi) is 7.57. The van der Waals surface area contributed by atoms with E-state index in [1.165, 1.54) is 16.8 Å². The van der Waals surface area contributed by atoms with Crippen molar-refractivity contribution in [1.82, 2.24) is 9.62 Å². The van der Waals surface area contributed by atoms with Crippen molar-refractivity contribution >= 4 is 21.6 Å². The summed E-state index contributed by atoms with van der Waals surface area (Å²) in [5.74, 6) is -0.190.